The van der Waals surface area contributed by atoms with Crippen LogP contribution in [0.4, 0.5) is 4.39 Å². The van der Waals surface area contributed by atoms with Crippen molar-refractivity contribution < 1.29 is 28.2 Å². The first kappa shape index (κ1) is 18.4. The molecule has 24 heavy (non-hydrogen) atoms. The fourth-order valence-electron chi connectivity index (χ4n) is 2.46. The first-order valence-electron chi connectivity index (χ1n) is 7.61. The third kappa shape index (κ3) is 3.61. The van der Waals surface area contributed by atoms with Gasteiger partial charge in [0.2, 0.25) is 0 Å². The van der Waals surface area contributed by atoms with Gasteiger partial charge in [-0.2, -0.15) is 0 Å². The van der Waals surface area contributed by atoms with Gasteiger partial charge < -0.3 is 9.47 Å². The van der Waals surface area contributed by atoms with Crippen LogP contribution >= 0.6 is 11.8 Å². The quantitative estimate of drug-likeness (QED) is 0.309. The average molecular weight is 354 g/mol. The molecule has 0 heterocycles. The maximum Gasteiger partial charge on any atom is 0.324 e. The largest absolute Gasteiger partial charge is 0.492 e. The average Bonchev–Trinajstić information content (AvgIpc) is 3.39. The van der Waals surface area contributed by atoms with Gasteiger partial charge in [0.05, 0.1) is 18.6 Å². The first-order valence-corrected chi connectivity index (χ1v) is 8.83. The number of benzene rings is 1. The second kappa shape index (κ2) is 7.79. The molecular formula is C17H19FO5S. The normalized spacial score (nSPS) is 14.8. The molecular weight excluding hydrogens is 335 g/mol. The lowest BCUT2D eigenvalue weighted by molar-refractivity contribution is -0.149. The highest BCUT2D eigenvalue weighted by atomic mass is 32.2. The van der Waals surface area contributed by atoms with Crippen LogP contribution in [0.15, 0.2) is 17.0 Å². The van der Waals surface area contributed by atoms with Gasteiger partial charge in [-0.05, 0) is 38.2 Å². The minimum absolute atomic E-state index is 0.0721. The van der Waals surface area contributed by atoms with Gasteiger partial charge in [0, 0.05) is 11.5 Å². The summed E-state index contributed by atoms with van der Waals surface area (Å²) in [5.74, 6) is -4.41. The van der Waals surface area contributed by atoms with Gasteiger partial charge in [0.15, 0.2) is 29.1 Å². The van der Waals surface area contributed by atoms with Gasteiger partial charge in [0.25, 0.3) is 0 Å². The summed E-state index contributed by atoms with van der Waals surface area (Å²) in [5.41, 5.74) is 0.0906. The Morgan fingerprint density at radius 1 is 1.33 bits per heavy atom. The summed E-state index contributed by atoms with van der Waals surface area (Å²) in [6.45, 7) is 1.68. The van der Waals surface area contributed by atoms with Crippen molar-refractivity contribution in [2.24, 2.45) is 11.8 Å². The van der Waals surface area contributed by atoms with Crippen molar-refractivity contribution in [3.8, 4) is 5.75 Å². The molecule has 1 fully saturated rings. The molecule has 0 amide bonds. The van der Waals surface area contributed by atoms with Gasteiger partial charge in [-0.15, -0.1) is 11.8 Å². The van der Waals surface area contributed by atoms with E-state index in [1.165, 1.54) is 13.2 Å². The molecule has 0 spiro atoms. The van der Waals surface area contributed by atoms with E-state index < -0.39 is 29.3 Å². The number of hydrogen-bond donors (Lipinski definition) is 0. The molecule has 0 radical (unpaired) electrons. The summed E-state index contributed by atoms with van der Waals surface area (Å²) in [4.78, 5) is 37.7. The molecule has 1 saturated carbocycles. The van der Waals surface area contributed by atoms with Crippen LogP contribution in [0.3, 0.4) is 0 Å². The van der Waals surface area contributed by atoms with E-state index in [0.29, 0.717) is 12.8 Å². The van der Waals surface area contributed by atoms with Gasteiger partial charge in [-0.3, -0.25) is 14.4 Å². The maximum atomic E-state index is 13.8. The number of hydrogen-bond acceptors (Lipinski definition) is 6. The zero-order valence-electron chi connectivity index (χ0n) is 13.8. The highest BCUT2D eigenvalue weighted by Gasteiger charge is 2.44. The Kier molecular flexibility index (Phi) is 5.99. The molecule has 0 N–H and O–H groups in total. The first-order chi connectivity index (χ1) is 11.5. The number of ether oxygens (including phenoxy) is 2. The van der Waals surface area contributed by atoms with E-state index in [9.17, 15) is 18.8 Å². The van der Waals surface area contributed by atoms with Crippen molar-refractivity contribution in [3.05, 3.63) is 23.5 Å². The number of Topliss-reactive ketones (excluding diaryl/α,β-unsaturated/α-hetero) is 2. The summed E-state index contributed by atoms with van der Waals surface area (Å²) in [6.07, 6.45) is 3.00. The van der Waals surface area contributed by atoms with Crippen LogP contribution < -0.4 is 4.74 Å². The van der Waals surface area contributed by atoms with Gasteiger partial charge >= 0.3 is 5.97 Å². The van der Waals surface area contributed by atoms with Crippen LogP contribution in [0, 0.1) is 17.7 Å². The van der Waals surface area contributed by atoms with Crippen LogP contribution in [-0.4, -0.2) is 37.5 Å². The topological polar surface area (TPSA) is 69.7 Å². The summed E-state index contributed by atoms with van der Waals surface area (Å²) in [5, 5.41) is 0. The maximum absolute atomic E-state index is 13.8. The minimum Gasteiger partial charge on any atom is -0.492 e. The zero-order chi connectivity index (χ0) is 17.9. The molecule has 1 aromatic carbocycles. The van der Waals surface area contributed by atoms with Crippen molar-refractivity contribution in [3.63, 3.8) is 0 Å². The number of carbonyl (C=O) groups excluding carboxylic acids is 3. The van der Waals surface area contributed by atoms with Crippen LogP contribution in [0.1, 0.15) is 30.1 Å². The fourth-order valence-corrected chi connectivity index (χ4v) is 3.22. The van der Waals surface area contributed by atoms with Crippen LogP contribution in [-0.2, 0) is 14.3 Å². The van der Waals surface area contributed by atoms with Gasteiger partial charge in [-0.1, -0.05) is 0 Å². The molecule has 1 aliphatic rings. The van der Waals surface area contributed by atoms with E-state index in [-0.39, 0.29) is 28.7 Å². The summed E-state index contributed by atoms with van der Waals surface area (Å²) in [7, 11) is 1.30. The number of halogens is 1. The monoisotopic (exact) mass is 354 g/mol. The van der Waals surface area contributed by atoms with E-state index in [1.54, 1.807) is 13.2 Å². The van der Waals surface area contributed by atoms with E-state index in [4.69, 9.17) is 9.47 Å². The third-order valence-corrected chi connectivity index (χ3v) is 4.60. The number of rotatable bonds is 8. The highest BCUT2D eigenvalue weighted by Crippen LogP contribution is 2.37. The number of methoxy groups -OCH3 is 1. The second-order valence-electron chi connectivity index (χ2n) is 5.39. The molecule has 1 atom stereocenters. The number of esters is 1. The van der Waals surface area contributed by atoms with E-state index in [0.717, 1.165) is 17.8 Å². The smallest absolute Gasteiger partial charge is 0.324 e. The Bertz CT molecular complexity index is 669. The standard InChI is InChI=1S/C17H19FO5S/c1-4-23-17(21)12(13(19)9-5-6-9)14(20)10-7-8-11(18)15(22-2)16(10)24-3/h7-9,12H,4-6H2,1-3H3. The van der Waals surface area contributed by atoms with Crippen molar-refractivity contribution in [1.29, 1.82) is 0 Å². The lowest BCUT2D eigenvalue weighted by Gasteiger charge is -2.17. The summed E-state index contributed by atoms with van der Waals surface area (Å²) in [6, 6.07) is 2.37. The van der Waals surface area contributed by atoms with Gasteiger partial charge in [-0.25, -0.2) is 4.39 Å². The molecule has 5 nitrogen and oxygen atoms in total. The van der Waals surface area contributed by atoms with E-state index >= 15 is 0 Å². The number of ketones is 2. The molecule has 0 aromatic heterocycles. The van der Waals surface area contributed by atoms with Crippen LogP contribution in [0.2, 0.25) is 0 Å². The second-order valence-corrected chi connectivity index (χ2v) is 6.20. The number of thioether (sulfide) groups is 1. The Morgan fingerprint density at radius 2 is 2.00 bits per heavy atom. The fraction of sp³-hybridized carbons (Fsp3) is 0.471. The zero-order valence-corrected chi connectivity index (χ0v) is 14.6. The van der Waals surface area contributed by atoms with Gasteiger partial charge in [0.1, 0.15) is 0 Å². The van der Waals surface area contributed by atoms with E-state index in [2.05, 4.69) is 0 Å². The Hall–Kier alpha value is -1.89. The molecule has 1 unspecified atom stereocenters. The van der Waals surface area contributed by atoms with Crippen molar-refractivity contribution in [1.82, 2.24) is 0 Å². The lowest BCUT2D eigenvalue weighted by atomic mass is 9.91. The number of carbonyl (C=O) groups is 3. The Labute approximate surface area is 143 Å². The van der Waals surface area contributed by atoms with E-state index in [1.807, 2.05) is 0 Å². The highest BCUT2D eigenvalue weighted by molar-refractivity contribution is 7.98. The predicted octanol–water partition coefficient (Wildman–Crippen LogP) is 2.90. The SMILES string of the molecule is CCOC(=O)C(C(=O)c1ccc(F)c(OC)c1SC)C(=O)C1CC1. The van der Waals surface area contributed by atoms with Crippen molar-refractivity contribution >= 4 is 29.3 Å². The molecule has 0 aliphatic heterocycles. The lowest BCUT2D eigenvalue weighted by Crippen LogP contribution is -2.35. The Balaban J connectivity index is 2.46. The van der Waals surface area contributed by atoms with Crippen LogP contribution in [0.25, 0.3) is 0 Å². The predicted molar refractivity (Wildman–Crippen MR) is 86.9 cm³/mol. The molecule has 0 saturated heterocycles. The molecule has 7 heteroatoms. The molecule has 130 valence electrons. The summed E-state index contributed by atoms with van der Waals surface area (Å²) >= 11 is 1.12. The Morgan fingerprint density at radius 3 is 2.50 bits per heavy atom. The van der Waals surface area contributed by atoms with Crippen molar-refractivity contribution in [2.45, 2.75) is 24.7 Å². The molecule has 1 aliphatic carbocycles. The van der Waals surface area contributed by atoms with Crippen LogP contribution in [0.5, 0.6) is 5.75 Å². The molecule has 0 bridgehead atoms. The minimum atomic E-state index is -1.50. The third-order valence-electron chi connectivity index (χ3n) is 3.79. The van der Waals surface area contributed by atoms with Crippen molar-refractivity contribution in [2.75, 3.05) is 20.0 Å². The molecule has 2 rings (SSSR count). The molecule has 1 aromatic rings. The summed E-state index contributed by atoms with van der Waals surface area (Å²) < 4.78 is 23.8.